The van der Waals surface area contributed by atoms with Gasteiger partial charge in [-0.2, -0.15) is 13.2 Å². The summed E-state index contributed by atoms with van der Waals surface area (Å²) in [6.45, 7) is 2.02. The zero-order chi connectivity index (χ0) is 16.5. The number of alkyl halides is 4. The van der Waals surface area contributed by atoms with E-state index in [1.807, 2.05) is 32.0 Å². The van der Waals surface area contributed by atoms with E-state index < -0.39 is 11.7 Å². The molecule has 0 aliphatic rings. The molecule has 22 heavy (non-hydrogen) atoms. The third-order valence-corrected chi connectivity index (χ3v) is 3.93. The van der Waals surface area contributed by atoms with Crippen LogP contribution in [0.4, 0.5) is 18.9 Å². The minimum atomic E-state index is -4.35. The highest BCUT2D eigenvalue weighted by Gasteiger charge is 2.30. The van der Waals surface area contributed by atoms with Crippen molar-refractivity contribution in [3.05, 3.63) is 47.8 Å². The molecule has 1 aromatic carbocycles. The van der Waals surface area contributed by atoms with Gasteiger partial charge in [0.1, 0.15) is 0 Å². The lowest BCUT2D eigenvalue weighted by Gasteiger charge is -2.19. The van der Waals surface area contributed by atoms with Gasteiger partial charge >= 0.3 is 6.18 Å². The molecule has 0 saturated carbocycles. The predicted octanol–water partition coefficient (Wildman–Crippen LogP) is 5.33. The topological polar surface area (TPSA) is 16.1 Å². The minimum Gasteiger partial charge on any atom is -0.377 e. The van der Waals surface area contributed by atoms with Crippen LogP contribution in [0.25, 0.3) is 11.1 Å². The third kappa shape index (κ3) is 3.71. The summed E-state index contributed by atoms with van der Waals surface area (Å²) >= 11 is 2.26. The van der Waals surface area contributed by atoms with Crippen molar-refractivity contribution in [2.45, 2.75) is 17.0 Å². The molecule has 0 aliphatic heterocycles. The van der Waals surface area contributed by atoms with Crippen LogP contribution in [-0.4, -0.2) is 19.1 Å². The lowest BCUT2D eigenvalue weighted by atomic mass is 10.0. The van der Waals surface area contributed by atoms with E-state index in [1.165, 1.54) is 6.07 Å². The maximum Gasteiger partial charge on any atom is 0.416 e. The van der Waals surface area contributed by atoms with Crippen molar-refractivity contribution in [1.82, 2.24) is 4.98 Å². The summed E-state index contributed by atoms with van der Waals surface area (Å²) in [6.07, 6.45) is -2.70. The van der Waals surface area contributed by atoms with Crippen LogP contribution < -0.4 is 4.90 Å². The number of halogens is 4. The summed E-state index contributed by atoms with van der Waals surface area (Å²) < 4.78 is 38.9. The van der Waals surface area contributed by atoms with Crippen molar-refractivity contribution >= 4 is 28.3 Å². The van der Waals surface area contributed by atoms with E-state index in [2.05, 4.69) is 27.6 Å². The number of pyridine rings is 1. The molecule has 1 aromatic heterocycles. The average Bonchev–Trinajstić information content (AvgIpc) is 2.45. The van der Waals surface area contributed by atoms with Crippen LogP contribution in [0.15, 0.2) is 36.5 Å². The first-order chi connectivity index (χ1) is 10.2. The van der Waals surface area contributed by atoms with Gasteiger partial charge in [0.2, 0.25) is 0 Å². The lowest BCUT2D eigenvalue weighted by molar-refractivity contribution is -0.137. The average molecular weight is 420 g/mol. The van der Waals surface area contributed by atoms with Crippen LogP contribution in [0, 0.1) is 0 Å². The molecule has 2 nitrogen and oxygen atoms in total. The second kappa shape index (κ2) is 6.44. The van der Waals surface area contributed by atoms with E-state index in [4.69, 9.17) is 0 Å². The van der Waals surface area contributed by atoms with E-state index >= 15 is 0 Å². The van der Waals surface area contributed by atoms with Gasteiger partial charge in [0.05, 0.1) is 15.2 Å². The van der Waals surface area contributed by atoms with Crippen LogP contribution in [0.1, 0.15) is 22.1 Å². The number of anilines is 1. The summed E-state index contributed by atoms with van der Waals surface area (Å²) in [4.78, 5) is 6.26. The fourth-order valence-corrected chi connectivity index (χ4v) is 2.47. The van der Waals surface area contributed by atoms with Gasteiger partial charge in [-0.15, -0.1) is 0 Å². The maximum absolute atomic E-state index is 12.9. The number of nitrogens with zero attached hydrogens (tertiary/aromatic N) is 2. The number of rotatable bonds is 3. The molecule has 0 amide bonds. The Morgan fingerprint density at radius 2 is 1.86 bits per heavy atom. The van der Waals surface area contributed by atoms with E-state index in [-0.39, 0.29) is 3.92 Å². The zero-order valence-electron chi connectivity index (χ0n) is 12.4. The third-order valence-electron chi connectivity index (χ3n) is 3.29. The molecule has 6 heteroatoms. The van der Waals surface area contributed by atoms with E-state index in [9.17, 15) is 13.2 Å². The molecule has 2 rings (SSSR count). The molecule has 0 aliphatic carbocycles. The molecule has 0 saturated heterocycles. The van der Waals surface area contributed by atoms with Gasteiger partial charge < -0.3 is 4.90 Å². The zero-order valence-corrected chi connectivity index (χ0v) is 14.6. The second-order valence-electron chi connectivity index (χ2n) is 5.22. The normalized spacial score (nSPS) is 13.0. The van der Waals surface area contributed by atoms with E-state index in [1.54, 1.807) is 12.3 Å². The van der Waals surface area contributed by atoms with Crippen molar-refractivity contribution in [3.8, 4) is 11.1 Å². The van der Waals surface area contributed by atoms with Gasteiger partial charge in [-0.1, -0.05) is 34.7 Å². The van der Waals surface area contributed by atoms with Crippen LogP contribution in [0.2, 0.25) is 0 Å². The highest BCUT2D eigenvalue weighted by atomic mass is 127. The number of benzene rings is 1. The first kappa shape index (κ1) is 17.1. The van der Waals surface area contributed by atoms with Crippen LogP contribution >= 0.6 is 22.6 Å². The fraction of sp³-hybridized carbons (Fsp3) is 0.312. The first-order valence-electron chi connectivity index (χ1n) is 6.69. The van der Waals surface area contributed by atoms with Gasteiger partial charge in [-0.3, -0.25) is 4.98 Å². The summed E-state index contributed by atoms with van der Waals surface area (Å²) in [6, 6.07) is 7.26. The van der Waals surface area contributed by atoms with Crippen molar-refractivity contribution in [3.63, 3.8) is 0 Å². The Morgan fingerprint density at radius 1 is 1.18 bits per heavy atom. The van der Waals surface area contributed by atoms with Crippen molar-refractivity contribution in [2.24, 2.45) is 0 Å². The van der Waals surface area contributed by atoms with E-state index in [0.29, 0.717) is 11.1 Å². The molecule has 1 unspecified atom stereocenters. The van der Waals surface area contributed by atoms with Gasteiger partial charge in [-0.05, 0) is 30.7 Å². The molecule has 1 heterocycles. The molecule has 0 fully saturated rings. The Morgan fingerprint density at radius 3 is 2.41 bits per heavy atom. The monoisotopic (exact) mass is 420 g/mol. The SMILES string of the molecule is CC(I)c1cc(N(C)C)c(-c2cccc(C(F)(F)F)c2)cn1. The number of hydrogen-bond acceptors (Lipinski definition) is 2. The lowest BCUT2D eigenvalue weighted by Crippen LogP contribution is -2.11. The molecule has 0 radical (unpaired) electrons. The van der Waals surface area contributed by atoms with Gasteiger partial charge in [-0.25, -0.2) is 0 Å². The summed E-state index contributed by atoms with van der Waals surface area (Å²) in [5, 5.41) is 0. The predicted molar refractivity (Wildman–Crippen MR) is 91.4 cm³/mol. The Balaban J connectivity index is 2.57. The minimum absolute atomic E-state index is 0.229. The van der Waals surface area contributed by atoms with Crippen LogP contribution in [0.3, 0.4) is 0 Å². The van der Waals surface area contributed by atoms with Crippen molar-refractivity contribution < 1.29 is 13.2 Å². The second-order valence-corrected chi connectivity index (χ2v) is 7.08. The quantitative estimate of drug-likeness (QED) is 0.493. The highest BCUT2D eigenvalue weighted by Crippen LogP contribution is 2.36. The maximum atomic E-state index is 12.9. The number of aromatic nitrogens is 1. The first-order valence-corrected chi connectivity index (χ1v) is 7.93. The van der Waals surface area contributed by atoms with Crippen LogP contribution in [-0.2, 0) is 6.18 Å². The summed E-state index contributed by atoms with van der Waals surface area (Å²) in [7, 11) is 3.74. The molecule has 118 valence electrons. The Bertz CT molecular complexity index is 667. The molecular weight excluding hydrogens is 404 g/mol. The summed E-state index contributed by atoms with van der Waals surface area (Å²) in [5.41, 5.74) is 2.31. The highest BCUT2D eigenvalue weighted by molar-refractivity contribution is 14.1. The standard InChI is InChI=1S/C16H16F3IN2/c1-10(20)14-8-15(22(2)3)13(9-21-14)11-5-4-6-12(7-11)16(17,18)19/h4-10H,1-3H3. The summed E-state index contributed by atoms with van der Waals surface area (Å²) in [5.74, 6) is 0. The molecule has 2 aromatic rings. The van der Waals surface area contributed by atoms with E-state index in [0.717, 1.165) is 23.5 Å². The number of hydrogen-bond donors (Lipinski definition) is 0. The largest absolute Gasteiger partial charge is 0.416 e. The molecule has 0 spiro atoms. The molecular formula is C16H16F3IN2. The smallest absolute Gasteiger partial charge is 0.377 e. The van der Waals surface area contributed by atoms with Crippen molar-refractivity contribution in [1.29, 1.82) is 0 Å². The van der Waals surface area contributed by atoms with Gasteiger partial charge in [0.25, 0.3) is 0 Å². The Kier molecular flexibility index (Phi) is 4.99. The molecule has 1 atom stereocenters. The molecule has 0 N–H and O–H groups in total. The fourth-order valence-electron chi connectivity index (χ4n) is 2.13. The van der Waals surface area contributed by atoms with Gasteiger partial charge in [0.15, 0.2) is 0 Å². The van der Waals surface area contributed by atoms with Gasteiger partial charge in [0, 0.05) is 31.5 Å². The molecule has 0 bridgehead atoms. The Hall–Kier alpha value is -1.31. The van der Waals surface area contributed by atoms with Crippen LogP contribution in [0.5, 0.6) is 0 Å². The Labute approximate surface area is 141 Å². The van der Waals surface area contributed by atoms with Crippen molar-refractivity contribution in [2.75, 3.05) is 19.0 Å².